The van der Waals surface area contributed by atoms with Crippen LogP contribution in [0.3, 0.4) is 0 Å². The molecule has 21 heavy (non-hydrogen) atoms. The van der Waals surface area contributed by atoms with E-state index in [1.807, 2.05) is 0 Å². The lowest BCUT2D eigenvalue weighted by molar-refractivity contribution is -0.0269. The number of hydrogen-bond donors (Lipinski definition) is 1. The zero-order valence-corrected chi connectivity index (χ0v) is 13.1. The first kappa shape index (κ1) is 16.1. The molecule has 1 aromatic rings. The van der Waals surface area contributed by atoms with Gasteiger partial charge in [0.05, 0.1) is 39.7 Å². The van der Waals surface area contributed by atoms with Crippen molar-refractivity contribution in [3.05, 3.63) is 29.8 Å². The number of ether oxygens (including phenoxy) is 1. The van der Waals surface area contributed by atoms with Crippen LogP contribution in [0, 0.1) is 0 Å². The van der Waals surface area contributed by atoms with Crippen molar-refractivity contribution in [1.29, 1.82) is 0 Å². The number of carbonyl (C=O) groups is 1. The summed E-state index contributed by atoms with van der Waals surface area (Å²) < 4.78 is 18.1. The van der Waals surface area contributed by atoms with Crippen molar-refractivity contribution in [2.24, 2.45) is 0 Å². The van der Waals surface area contributed by atoms with Gasteiger partial charge in [0.1, 0.15) is 0 Å². The maximum atomic E-state index is 12.5. The van der Waals surface area contributed by atoms with Crippen molar-refractivity contribution in [2.75, 3.05) is 25.4 Å². The zero-order chi connectivity index (χ0) is 15.4. The Kier molecular flexibility index (Phi) is 5.50. The molecule has 0 saturated carbocycles. The van der Waals surface area contributed by atoms with Crippen molar-refractivity contribution in [3.8, 4) is 0 Å². The van der Waals surface area contributed by atoms with Gasteiger partial charge in [-0.2, -0.15) is 0 Å². The number of aromatic carboxylic acids is 1. The molecule has 1 N–H and O–H groups in total. The Bertz CT molecular complexity index is 532. The lowest BCUT2D eigenvalue weighted by atomic mass is 10.2. The van der Waals surface area contributed by atoms with Gasteiger partial charge in [0.2, 0.25) is 0 Å². The first-order valence-corrected chi connectivity index (χ1v) is 8.37. The van der Waals surface area contributed by atoms with Crippen LogP contribution in [0.1, 0.15) is 24.2 Å². The van der Waals surface area contributed by atoms with Crippen LogP contribution in [0.15, 0.2) is 29.2 Å². The van der Waals surface area contributed by atoms with Crippen LogP contribution >= 0.6 is 0 Å². The molecule has 0 amide bonds. The van der Waals surface area contributed by atoms with Crippen molar-refractivity contribution in [3.63, 3.8) is 0 Å². The molecule has 2 atom stereocenters. The first-order chi connectivity index (χ1) is 9.99. The summed E-state index contributed by atoms with van der Waals surface area (Å²) in [5.41, 5.74) is 0.104. The molecule has 1 fully saturated rings. The summed E-state index contributed by atoms with van der Waals surface area (Å²) in [6, 6.07) is 6.88. The highest BCUT2D eigenvalue weighted by Crippen LogP contribution is 2.17. The second kappa shape index (κ2) is 7.15. The highest BCUT2D eigenvalue weighted by molar-refractivity contribution is 7.85. The van der Waals surface area contributed by atoms with Crippen LogP contribution < -0.4 is 0 Å². The molecule has 2 rings (SSSR count). The molecular formula is C15H21NO4S. The van der Waals surface area contributed by atoms with Gasteiger partial charge < -0.3 is 9.84 Å². The molecule has 2 unspecified atom stereocenters. The number of nitrogens with zero attached hydrogens (tertiary/aromatic N) is 1. The number of carboxylic acid groups (broad SMARTS) is 1. The SMILES string of the molecule is CC(C)N1CCOC(CS(=O)c2ccccc2C(=O)O)C1. The van der Waals surface area contributed by atoms with Crippen LogP contribution in [0.2, 0.25) is 0 Å². The summed E-state index contributed by atoms with van der Waals surface area (Å²) in [6.07, 6.45) is -0.121. The van der Waals surface area contributed by atoms with E-state index in [4.69, 9.17) is 9.84 Å². The van der Waals surface area contributed by atoms with Gasteiger partial charge in [-0.25, -0.2) is 4.79 Å². The summed E-state index contributed by atoms with van der Waals surface area (Å²) in [5.74, 6) is -0.722. The fraction of sp³-hybridized carbons (Fsp3) is 0.533. The fourth-order valence-electron chi connectivity index (χ4n) is 2.41. The molecule has 1 aliphatic rings. The second-order valence-corrected chi connectivity index (χ2v) is 6.86. The maximum absolute atomic E-state index is 12.5. The van der Waals surface area contributed by atoms with Gasteiger partial charge >= 0.3 is 5.97 Å². The van der Waals surface area contributed by atoms with Gasteiger partial charge in [0.25, 0.3) is 0 Å². The number of carboxylic acids is 1. The summed E-state index contributed by atoms with van der Waals surface area (Å²) in [5, 5.41) is 9.16. The summed E-state index contributed by atoms with van der Waals surface area (Å²) >= 11 is 0. The van der Waals surface area contributed by atoms with Crippen LogP contribution in [0.4, 0.5) is 0 Å². The monoisotopic (exact) mass is 311 g/mol. The van der Waals surface area contributed by atoms with E-state index in [-0.39, 0.29) is 11.7 Å². The second-order valence-electron chi connectivity index (χ2n) is 5.39. The minimum atomic E-state index is -1.37. The molecule has 0 spiro atoms. The van der Waals surface area contributed by atoms with Gasteiger partial charge in [-0.05, 0) is 26.0 Å². The Balaban J connectivity index is 2.06. The van der Waals surface area contributed by atoms with E-state index in [2.05, 4.69) is 18.7 Å². The van der Waals surface area contributed by atoms with Gasteiger partial charge in [-0.1, -0.05) is 12.1 Å². The highest BCUT2D eigenvalue weighted by Gasteiger charge is 2.25. The molecule has 1 heterocycles. The smallest absolute Gasteiger partial charge is 0.336 e. The Morgan fingerprint density at radius 2 is 2.19 bits per heavy atom. The number of morpholine rings is 1. The predicted molar refractivity (Wildman–Crippen MR) is 81.1 cm³/mol. The van der Waals surface area contributed by atoms with Crippen LogP contribution in [0.25, 0.3) is 0 Å². The van der Waals surface area contributed by atoms with E-state index in [1.54, 1.807) is 18.2 Å². The van der Waals surface area contributed by atoms with Crippen molar-refractivity contribution >= 4 is 16.8 Å². The van der Waals surface area contributed by atoms with E-state index >= 15 is 0 Å². The number of benzene rings is 1. The summed E-state index contributed by atoms with van der Waals surface area (Å²) in [4.78, 5) is 13.8. The Labute approximate surface area is 127 Å². The molecule has 116 valence electrons. The van der Waals surface area contributed by atoms with Crippen molar-refractivity contribution in [1.82, 2.24) is 4.90 Å². The van der Waals surface area contributed by atoms with E-state index in [0.717, 1.165) is 13.1 Å². The standard InChI is InChI=1S/C15H21NO4S/c1-11(2)16-7-8-20-12(9-16)10-21(19)14-6-4-3-5-13(14)15(17)18/h3-6,11-12H,7-10H2,1-2H3,(H,17,18). The van der Waals surface area contributed by atoms with Crippen LogP contribution in [-0.2, 0) is 15.5 Å². The van der Waals surface area contributed by atoms with E-state index in [1.165, 1.54) is 6.07 Å². The first-order valence-electron chi connectivity index (χ1n) is 7.05. The molecule has 0 bridgehead atoms. The molecule has 5 nitrogen and oxygen atoms in total. The quantitative estimate of drug-likeness (QED) is 0.895. The molecular weight excluding hydrogens is 290 g/mol. The minimum absolute atomic E-state index is 0.104. The van der Waals surface area contributed by atoms with Gasteiger partial charge in [0, 0.05) is 19.1 Å². The Morgan fingerprint density at radius 3 is 2.86 bits per heavy atom. The van der Waals surface area contributed by atoms with Gasteiger partial charge in [-0.3, -0.25) is 9.11 Å². The molecule has 0 aromatic heterocycles. The van der Waals surface area contributed by atoms with Gasteiger partial charge in [-0.15, -0.1) is 0 Å². The third-order valence-electron chi connectivity index (χ3n) is 3.60. The molecule has 1 aromatic carbocycles. The van der Waals surface area contributed by atoms with Crippen molar-refractivity contribution in [2.45, 2.75) is 30.9 Å². The largest absolute Gasteiger partial charge is 0.478 e. The lowest BCUT2D eigenvalue weighted by Gasteiger charge is -2.35. The third-order valence-corrected chi connectivity index (χ3v) is 5.12. The van der Waals surface area contributed by atoms with Crippen molar-refractivity contribution < 1.29 is 18.8 Å². The normalized spacial score (nSPS) is 21.4. The third kappa shape index (κ3) is 4.12. The predicted octanol–water partition coefficient (Wildman–Crippen LogP) is 1.60. The zero-order valence-electron chi connectivity index (χ0n) is 12.3. The minimum Gasteiger partial charge on any atom is -0.478 e. The fourth-order valence-corrected chi connectivity index (χ4v) is 3.76. The molecule has 1 saturated heterocycles. The Morgan fingerprint density at radius 1 is 1.48 bits per heavy atom. The molecule has 0 aliphatic carbocycles. The average Bonchev–Trinajstić information content (AvgIpc) is 2.47. The highest BCUT2D eigenvalue weighted by atomic mass is 32.2. The molecule has 6 heteroatoms. The summed E-state index contributed by atoms with van der Waals surface area (Å²) in [7, 11) is -1.37. The lowest BCUT2D eigenvalue weighted by Crippen LogP contribution is -2.47. The Hall–Kier alpha value is -1.24. The van der Waals surface area contributed by atoms with E-state index < -0.39 is 16.8 Å². The maximum Gasteiger partial charge on any atom is 0.336 e. The molecule has 1 aliphatic heterocycles. The number of hydrogen-bond acceptors (Lipinski definition) is 4. The van der Waals surface area contributed by atoms with E-state index in [9.17, 15) is 9.00 Å². The van der Waals surface area contributed by atoms with Crippen LogP contribution in [-0.4, -0.2) is 57.8 Å². The van der Waals surface area contributed by atoms with Gasteiger partial charge in [0.15, 0.2) is 0 Å². The average molecular weight is 311 g/mol. The van der Waals surface area contributed by atoms with Crippen LogP contribution in [0.5, 0.6) is 0 Å². The number of rotatable bonds is 5. The summed E-state index contributed by atoms with van der Waals surface area (Å²) in [6.45, 7) is 6.49. The van der Waals surface area contributed by atoms with E-state index in [0.29, 0.717) is 23.3 Å². The topological polar surface area (TPSA) is 66.8 Å². The molecule has 0 radical (unpaired) electrons.